The molecule has 5 nitrogen and oxygen atoms in total. The first kappa shape index (κ1) is 13.8. The molecular weight excluding hydrogens is 266 g/mol. The van der Waals surface area contributed by atoms with E-state index in [1.807, 2.05) is 18.2 Å². The number of rotatable bonds is 6. The third-order valence-corrected chi connectivity index (χ3v) is 4.14. The monoisotopic (exact) mass is 285 g/mol. The summed E-state index contributed by atoms with van der Waals surface area (Å²) in [6.45, 7) is 0.710. The molecule has 1 saturated carbocycles. The van der Waals surface area contributed by atoms with Crippen molar-refractivity contribution >= 4 is 5.97 Å². The third kappa shape index (κ3) is 2.97. The molecule has 3 atom stereocenters. The van der Waals surface area contributed by atoms with Crippen LogP contribution in [0.15, 0.2) is 42.6 Å². The third-order valence-electron chi connectivity index (χ3n) is 4.14. The molecule has 1 aliphatic rings. The van der Waals surface area contributed by atoms with Crippen molar-refractivity contribution in [2.24, 2.45) is 13.0 Å². The average Bonchev–Trinajstić information content (AvgIpc) is 3.14. The molecule has 2 aromatic rings. The summed E-state index contributed by atoms with van der Waals surface area (Å²) in [5.74, 6) is 0.206. The van der Waals surface area contributed by atoms with E-state index in [1.54, 1.807) is 24.0 Å². The predicted molar refractivity (Wildman–Crippen MR) is 78.9 cm³/mol. The highest BCUT2D eigenvalue weighted by atomic mass is 16.4. The Morgan fingerprint density at radius 3 is 2.81 bits per heavy atom. The van der Waals surface area contributed by atoms with Crippen molar-refractivity contribution < 1.29 is 9.90 Å². The summed E-state index contributed by atoms with van der Waals surface area (Å²) in [5.41, 5.74) is 2.02. The second kappa shape index (κ2) is 5.69. The Bertz CT molecular complexity index is 623. The zero-order valence-corrected chi connectivity index (χ0v) is 11.9. The van der Waals surface area contributed by atoms with E-state index in [0.717, 1.165) is 6.42 Å². The van der Waals surface area contributed by atoms with Crippen LogP contribution in [0.3, 0.4) is 0 Å². The van der Waals surface area contributed by atoms with Gasteiger partial charge in [0.15, 0.2) is 0 Å². The van der Waals surface area contributed by atoms with Crippen LogP contribution in [-0.2, 0) is 11.8 Å². The van der Waals surface area contributed by atoms with E-state index in [1.165, 1.54) is 5.56 Å². The van der Waals surface area contributed by atoms with Gasteiger partial charge in [0.05, 0.1) is 5.69 Å². The molecule has 1 aromatic heterocycles. The maximum Gasteiger partial charge on any atom is 0.326 e. The van der Waals surface area contributed by atoms with Gasteiger partial charge < -0.3 is 5.11 Å². The Labute approximate surface area is 123 Å². The second-order valence-electron chi connectivity index (χ2n) is 5.57. The van der Waals surface area contributed by atoms with Crippen molar-refractivity contribution in [1.29, 1.82) is 0 Å². The number of aliphatic carboxylic acids is 1. The number of nitrogens with zero attached hydrogens (tertiary/aromatic N) is 2. The maximum absolute atomic E-state index is 11.4. The number of hydrogen-bond donors (Lipinski definition) is 2. The number of carboxylic acid groups (broad SMARTS) is 1. The Morgan fingerprint density at radius 2 is 2.19 bits per heavy atom. The number of hydrogen-bond acceptors (Lipinski definition) is 3. The number of aryl methyl sites for hydroxylation is 1. The van der Waals surface area contributed by atoms with E-state index >= 15 is 0 Å². The van der Waals surface area contributed by atoms with Crippen LogP contribution in [0.4, 0.5) is 0 Å². The summed E-state index contributed by atoms with van der Waals surface area (Å²) >= 11 is 0. The highest BCUT2D eigenvalue weighted by Gasteiger charge is 2.38. The number of aromatic nitrogens is 2. The minimum absolute atomic E-state index is 0.516. The van der Waals surface area contributed by atoms with Gasteiger partial charge >= 0.3 is 5.97 Å². The van der Waals surface area contributed by atoms with Crippen LogP contribution in [0.5, 0.6) is 0 Å². The molecule has 21 heavy (non-hydrogen) atoms. The minimum Gasteiger partial charge on any atom is -0.480 e. The van der Waals surface area contributed by atoms with Crippen LogP contribution >= 0.6 is 0 Å². The van der Waals surface area contributed by atoms with Crippen molar-refractivity contribution in [3.05, 3.63) is 53.9 Å². The van der Waals surface area contributed by atoms with Gasteiger partial charge in [0, 0.05) is 13.2 Å². The Kier molecular flexibility index (Phi) is 3.75. The van der Waals surface area contributed by atoms with Crippen molar-refractivity contribution in [2.75, 3.05) is 6.54 Å². The Balaban J connectivity index is 1.60. The van der Waals surface area contributed by atoms with Gasteiger partial charge in [0.25, 0.3) is 0 Å². The van der Waals surface area contributed by atoms with E-state index in [4.69, 9.17) is 0 Å². The molecule has 0 spiro atoms. The topological polar surface area (TPSA) is 67.2 Å². The SMILES string of the molecule is Cn1nccc1C(NC[C@@H]1C[C@H]1c1ccccc1)C(=O)O. The zero-order valence-electron chi connectivity index (χ0n) is 11.9. The van der Waals surface area contributed by atoms with Gasteiger partial charge in [-0.3, -0.25) is 14.8 Å². The fraction of sp³-hybridized carbons (Fsp3) is 0.375. The molecule has 1 heterocycles. The summed E-state index contributed by atoms with van der Waals surface area (Å²) in [7, 11) is 1.76. The van der Waals surface area contributed by atoms with Gasteiger partial charge in [-0.05, 0) is 36.4 Å². The Hall–Kier alpha value is -2.14. The smallest absolute Gasteiger partial charge is 0.326 e. The molecule has 3 rings (SSSR count). The lowest BCUT2D eigenvalue weighted by molar-refractivity contribution is -0.139. The molecule has 2 N–H and O–H groups in total. The largest absolute Gasteiger partial charge is 0.480 e. The van der Waals surface area contributed by atoms with E-state index < -0.39 is 12.0 Å². The summed E-state index contributed by atoms with van der Waals surface area (Å²) < 4.78 is 1.60. The van der Waals surface area contributed by atoms with Crippen LogP contribution < -0.4 is 5.32 Å². The predicted octanol–water partition coefficient (Wildman–Crippen LogP) is 1.94. The van der Waals surface area contributed by atoms with E-state index in [0.29, 0.717) is 24.1 Å². The molecule has 0 radical (unpaired) electrons. The lowest BCUT2D eigenvalue weighted by Crippen LogP contribution is -2.31. The lowest BCUT2D eigenvalue weighted by Gasteiger charge is -2.14. The number of nitrogens with one attached hydrogen (secondary N) is 1. The molecular formula is C16H19N3O2. The molecule has 1 aliphatic carbocycles. The summed E-state index contributed by atoms with van der Waals surface area (Å²) in [6, 6.07) is 11.4. The Morgan fingerprint density at radius 1 is 1.43 bits per heavy atom. The normalized spacial score (nSPS) is 22.0. The van der Waals surface area contributed by atoms with Crippen molar-refractivity contribution in [1.82, 2.24) is 15.1 Å². The number of carbonyl (C=O) groups is 1. The van der Waals surface area contributed by atoms with Crippen molar-refractivity contribution in [3.8, 4) is 0 Å². The van der Waals surface area contributed by atoms with Gasteiger partial charge in [-0.25, -0.2) is 0 Å². The summed E-state index contributed by atoms with van der Waals surface area (Å²) in [4.78, 5) is 11.4. The molecule has 0 bridgehead atoms. The second-order valence-corrected chi connectivity index (χ2v) is 5.57. The van der Waals surface area contributed by atoms with Crippen molar-refractivity contribution in [3.63, 3.8) is 0 Å². The lowest BCUT2D eigenvalue weighted by atomic mass is 10.1. The van der Waals surface area contributed by atoms with Gasteiger partial charge in [-0.15, -0.1) is 0 Å². The minimum atomic E-state index is -0.865. The van der Waals surface area contributed by atoms with Crippen LogP contribution in [0.1, 0.15) is 29.6 Å². The molecule has 0 aliphatic heterocycles. The van der Waals surface area contributed by atoms with Gasteiger partial charge in [-0.1, -0.05) is 30.3 Å². The molecule has 110 valence electrons. The van der Waals surface area contributed by atoms with Crippen LogP contribution in [0.2, 0.25) is 0 Å². The van der Waals surface area contributed by atoms with Gasteiger partial charge in [0.1, 0.15) is 6.04 Å². The van der Waals surface area contributed by atoms with Crippen LogP contribution in [0, 0.1) is 5.92 Å². The first-order chi connectivity index (χ1) is 10.2. The average molecular weight is 285 g/mol. The van der Waals surface area contributed by atoms with Crippen molar-refractivity contribution in [2.45, 2.75) is 18.4 Å². The molecule has 1 aromatic carbocycles. The van der Waals surface area contributed by atoms with Gasteiger partial charge in [0.2, 0.25) is 0 Å². The number of carboxylic acids is 1. The molecule has 0 amide bonds. The summed E-state index contributed by atoms with van der Waals surface area (Å²) in [6.07, 6.45) is 2.74. The summed E-state index contributed by atoms with van der Waals surface area (Å²) in [5, 5.41) is 16.6. The first-order valence-corrected chi connectivity index (χ1v) is 7.16. The standard InChI is InChI=1S/C16H19N3O2/c1-19-14(7-8-18-19)15(16(20)21)17-10-12-9-13(12)11-5-3-2-4-6-11/h2-8,12-13,15,17H,9-10H2,1H3,(H,20,21)/t12-,13-,15?/m0/s1. The fourth-order valence-electron chi connectivity index (χ4n) is 2.84. The molecule has 1 unspecified atom stereocenters. The number of benzene rings is 1. The van der Waals surface area contributed by atoms with Crippen LogP contribution in [-0.4, -0.2) is 27.4 Å². The van der Waals surface area contributed by atoms with Crippen LogP contribution in [0.25, 0.3) is 0 Å². The van der Waals surface area contributed by atoms with E-state index in [-0.39, 0.29) is 0 Å². The first-order valence-electron chi connectivity index (χ1n) is 7.16. The van der Waals surface area contributed by atoms with E-state index in [2.05, 4.69) is 22.5 Å². The molecule has 1 fully saturated rings. The van der Waals surface area contributed by atoms with Gasteiger partial charge in [-0.2, -0.15) is 5.10 Å². The quantitative estimate of drug-likeness (QED) is 0.851. The fourth-order valence-corrected chi connectivity index (χ4v) is 2.84. The molecule has 0 saturated heterocycles. The highest BCUT2D eigenvalue weighted by Crippen LogP contribution is 2.47. The zero-order chi connectivity index (χ0) is 14.8. The highest BCUT2D eigenvalue weighted by molar-refractivity contribution is 5.74. The van der Waals surface area contributed by atoms with E-state index in [9.17, 15) is 9.90 Å². The molecule has 5 heteroatoms. The maximum atomic E-state index is 11.4.